The number of nitrogens with zero attached hydrogens (tertiary/aromatic N) is 1. The van der Waals surface area contributed by atoms with Gasteiger partial charge in [0.15, 0.2) is 5.13 Å². The third kappa shape index (κ3) is 5.12. The number of ether oxygens (including phenoxy) is 1. The zero-order chi connectivity index (χ0) is 23.4. The molecule has 0 unspecified atom stereocenters. The third-order valence-corrected chi connectivity index (χ3v) is 5.78. The Bertz CT molecular complexity index is 1340. The minimum Gasteiger partial charge on any atom is -0.493 e. The normalized spacial score (nSPS) is 11.5. The number of benzene rings is 2. The van der Waals surface area contributed by atoms with Crippen molar-refractivity contribution in [1.82, 2.24) is 4.98 Å². The van der Waals surface area contributed by atoms with Gasteiger partial charge in [0.25, 0.3) is 0 Å². The standard InChI is InChI=1S/C25H23N3O4S/c1-3-31-21-12-22-19(20(13-32-22)16-7-5-4-6-8-16)11-18(21)15(2)9-24(30)28-25-27-17(14-33-25)10-23(26)29/h4-9,11-14H,3,10H2,1-2H3,(H2,26,29)(H,27,28,30)/b15-9+. The molecule has 2 amide bonds. The van der Waals surface area contributed by atoms with Crippen LogP contribution in [0.4, 0.5) is 5.13 Å². The summed E-state index contributed by atoms with van der Waals surface area (Å²) in [5.41, 5.74) is 9.97. The van der Waals surface area contributed by atoms with Crippen molar-refractivity contribution in [2.75, 3.05) is 11.9 Å². The molecule has 2 aromatic heterocycles. The van der Waals surface area contributed by atoms with E-state index in [9.17, 15) is 9.59 Å². The Morgan fingerprint density at radius 3 is 2.76 bits per heavy atom. The molecular formula is C25H23N3O4S. The maximum Gasteiger partial charge on any atom is 0.250 e. The number of thiazole rings is 1. The lowest BCUT2D eigenvalue weighted by Crippen LogP contribution is -2.14. The van der Waals surface area contributed by atoms with Crippen molar-refractivity contribution in [3.8, 4) is 16.9 Å². The number of allylic oxidation sites excluding steroid dienone is 1. The van der Waals surface area contributed by atoms with Crippen LogP contribution < -0.4 is 15.8 Å². The molecule has 4 rings (SSSR count). The van der Waals surface area contributed by atoms with Crippen LogP contribution in [0.3, 0.4) is 0 Å². The molecule has 8 heteroatoms. The number of furan rings is 1. The van der Waals surface area contributed by atoms with Gasteiger partial charge in [0.2, 0.25) is 11.8 Å². The van der Waals surface area contributed by atoms with Crippen LogP contribution in [0.25, 0.3) is 27.7 Å². The van der Waals surface area contributed by atoms with Crippen LogP contribution in [0, 0.1) is 0 Å². The number of anilines is 1. The quantitative estimate of drug-likeness (QED) is 0.358. The van der Waals surface area contributed by atoms with Gasteiger partial charge >= 0.3 is 0 Å². The summed E-state index contributed by atoms with van der Waals surface area (Å²) in [6.07, 6.45) is 3.27. The molecule has 0 spiro atoms. The zero-order valence-electron chi connectivity index (χ0n) is 18.3. The summed E-state index contributed by atoms with van der Waals surface area (Å²) in [6.45, 7) is 4.24. The van der Waals surface area contributed by atoms with Gasteiger partial charge in [-0.05, 0) is 31.1 Å². The number of rotatable bonds is 8. The Balaban J connectivity index is 1.65. The fraction of sp³-hybridized carbons (Fsp3) is 0.160. The second kappa shape index (κ2) is 9.70. The van der Waals surface area contributed by atoms with Crippen LogP contribution in [-0.2, 0) is 16.0 Å². The first kappa shape index (κ1) is 22.3. The van der Waals surface area contributed by atoms with Crippen LogP contribution in [-0.4, -0.2) is 23.4 Å². The lowest BCUT2D eigenvalue weighted by molar-refractivity contribution is -0.117. The van der Waals surface area contributed by atoms with Crippen LogP contribution in [0.5, 0.6) is 5.75 Å². The van der Waals surface area contributed by atoms with Gasteiger partial charge in [-0.2, -0.15) is 0 Å². The second-order valence-corrected chi connectivity index (χ2v) is 8.25. The average molecular weight is 462 g/mol. The molecule has 0 radical (unpaired) electrons. The second-order valence-electron chi connectivity index (χ2n) is 7.40. The third-order valence-electron chi connectivity index (χ3n) is 4.97. The first-order valence-electron chi connectivity index (χ1n) is 10.4. The van der Waals surface area contributed by atoms with Gasteiger partial charge in [-0.25, -0.2) is 4.98 Å². The van der Waals surface area contributed by atoms with Crippen LogP contribution in [0.1, 0.15) is 25.1 Å². The van der Waals surface area contributed by atoms with Gasteiger partial charge in [0.05, 0.1) is 25.0 Å². The summed E-state index contributed by atoms with van der Waals surface area (Å²) in [6, 6.07) is 13.8. The summed E-state index contributed by atoms with van der Waals surface area (Å²) in [4.78, 5) is 27.9. The highest BCUT2D eigenvalue weighted by atomic mass is 32.1. The molecular weight excluding hydrogens is 438 g/mol. The first-order valence-corrected chi connectivity index (χ1v) is 11.3. The maximum absolute atomic E-state index is 12.6. The topological polar surface area (TPSA) is 107 Å². The molecule has 0 atom stereocenters. The van der Waals surface area contributed by atoms with Gasteiger partial charge < -0.3 is 14.9 Å². The number of aromatic nitrogens is 1. The van der Waals surface area contributed by atoms with E-state index in [0.29, 0.717) is 28.8 Å². The summed E-state index contributed by atoms with van der Waals surface area (Å²) < 4.78 is 11.6. The lowest BCUT2D eigenvalue weighted by atomic mass is 9.99. The summed E-state index contributed by atoms with van der Waals surface area (Å²) in [7, 11) is 0. The molecule has 33 heavy (non-hydrogen) atoms. The molecule has 168 valence electrons. The van der Waals surface area contributed by atoms with Crippen molar-refractivity contribution >= 4 is 44.8 Å². The highest BCUT2D eigenvalue weighted by Crippen LogP contribution is 2.37. The van der Waals surface area contributed by atoms with E-state index in [1.54, 1.807) is 11.6 Å². The highest BCUT2D eigenvalue weighted by Gasteiger charge is 2.15. The van der Waals surface area contributed by atoms with Crippen molar-refractivity contribution in [3.05, 3.63) is 71.4 Å². The predicted molar refractivity (Wildman–Crippen MR) is 130 cm³/mol. The van der Waals surface area contributed by atoms with Gasteiger partial charge in [-0.1, -0.05) is 30.3 Å². The molecule has 0 fully saturated rings. The zero-order valence-corrected chi connectivity index (χ0v) is 19.1. The van der Waals surface area contributed by atoms with Crippen molar-refractivity contribution in [2.45, 2.75) is 20.3 Å². The van der Waals surface area contributed by atoms with E-state index in [-0.39, 0.29) is 12.3 Å². The average Bonchev–Trinajstić information content (AvgIpc) is 3.39. The molecule has 0 saturated heterocycles. The lowest BCUT2D eigenvalue weighted by Gasteiger charge is -2.11. The fourth-order valence-corrected chi connectivity index (χ4v) is 4.23. The number of carbonyl (C=O) groups excluding carboxylic acids is 2. The number of hydrogen-bond donors (Lipinski definition) is 2. The van der Waals surface area contributed by atoms with Gasteiger partial charge in [0, 0.05) is 34.0 Å². The minimum atomic E-state index is -0.470. The van der Waals surface area contributed by atoms with Crippen molar-refractivity contribution in [1.29, 1.82) is 0 Å². The van der Waals surface area contributed by atoms with E-state index in [1.165, 1.54) is 17.4 Å². The number of hydrogen-bond acceptors (Lipinski definition) is 6. The molecule has 7 nitrogen and oxygen atoms in total. The fourth-order valence-electron chi connectivity index (χ4n) is 3.52. The summed E-state index contributed by atoms with van der Waals surface area (Å²) >= 11 is 1.24. The molecule has 3 N–H and O–H groups in total. The van der Waals surface area contributed by atoms with Gasteiger partial charge in [0.1, 0.15) is 11.3 Å². The van der Waals surface area contributed by atoms with Crippen molar-refractivity contribution in [3.63, 3.8) is 0 Å². The van der Waals surface area contributed by atoms with Crippen molar-refractivity contribution < 1.29 is 18.7 Å². The summed E-state index contributed by atoms with van der Waals surface area (Å²) in [5.74, 6) is -0.161. The number of carbonyl (C=O) groups is 2. The Hall–Kier alpha value is -3.91. The minimum absolute atomic E-state index is 0.0351. The number of amides is 2. The van der Waals surface area contributed by atoms with Crippen molar-refractivity contribution in [2.24, 2.45) is 5.73 Å². The van der Waals surface area contributed by atoms with Gasteiger partial charge in [-0.15, -0.1) is 11.3 Å². The Morgan fingerprint density at radius 2 is 2.03 bits per heavy atom. The molecule has 0 aliphatic rings. The SMILES string of the molecule is CCOc1cc2occ(-c3ccccc3)c2cc1/C(C)=C/C(=O)Nc1nc(CC(N)=O)cs1. The molecule has 2 aromatic carbocycles. The Morgan fingerprint density at radius 1 is 1.24 bits per heavy atom. The summed E-state index contributed by atoms with van der Waals surface area (Å²) in [5, 5.41) is 5.77. The van der Waals surface area contributed by atoms with E-state index >= 15 is 0 Å². The van der Waals surface area contributed by atoms with E-state index in [2.05, 4.69) is 10.3 Å². The van der Waals surface area contributed by atoms with Crippen LogP contribution in [0.2, 0.25) is 0 Å². The first-order chi connectivity index (χ1) is 15.9. The molecule has 0 saturated carbocycles. The predicted octanol–water partition coefficient (Wildman–Crippen LogP) is 5.02. The number of nitrogens with two attached hydrogens (primary N) is 1. The molecule has 0 aliphatic carbocycles. The molecule has 4 aromatic rings. The van der Waals surface area contributed by atoms with E-state index in [4.69, 9.17) is 14.9 Å². The van der Waals surface area contributed by atoms with Crippen LogP contribution in [0.15, 0.2) is 64.6 Å². The van der Waals surface area contributed by atoms with E-state index in [1.807, 2.05) is 56.3 Å². The Kier molecular flexibility index (Phi) is 6.55. The maximum atomic E-state index is 12.6. The van der Waals surface area contributed by atoms with Crippen LogP contribution >= 0.6 is 11.3 Å². The number of nitrogens with one attached hydrogen (secondary N) is 1. The molecule has 0 aliphatic heterocycles. The van der Waals surface area contributed by atoms with E-state index < -0.39 is 5.91 Å². The molecule has 2 heterocycles. The number of primary amides is 1. The monoisotopic (exact) mass is 461 g/mol. The highest BCUT2D eigenvalue weighted by molar-refractivity contribution is 7.14. The van der Waals surface area contributed by atoms with Gasteiger partial charge in [-0.3, -0.25) is 14.9 Å². The largest absolute Gasteiger partial charge is 0.493 e. The molecule has 0 bridgehead atoms. The van der Waals surface area contributed by atoms with E-state index in [0.717, 1.165) is 27.6 Å². The smallest absolute Gasteiger partial charge is 0.250 e. The number of fused-ring (bicyclic) bond motifs is 1. The Labute approximate surface area is 194 Å².